The molecule has 0 saturated heterocycles. The Morgan fingerprint density at radius 3 is 2.84 bits per heavy atom. The summed E-state index contributed by atoms with van der Waals surface area (Å²) in [7, 11) is -3.73. The highest BCUT2D eigenvalue weighted by Crippen LogP contribution is 2.36. The van der Waals surface area contributed by atoms with E-state index in [1.54, 1.807) is 36.7 Å². The summed E-state index contributed by atoms with van der Waals surface area (Å²) in [6.07, 6.45) is 3.99. The topological polar surface area (TPSA) is 74.1 Å². The molecule has 0 amide bonds. The Bertz CT molecular complexity index is 1140. The van der Waals surface area contributed by atoms with Crippen LogP contribution in [0.1, 0.15) is 16.7 Å². The lowest BCUT2D eigenvalue weighted by atomic mass is 10.1. The summed E-state index contributed by atoms with van der Waals surface area (Å²) >= 11 is 0. The van der Waals surface area contributed by atoms with E-state index in [4.69, 9.17) is 5.26 Å². The molecule has 1 aliphatic heterocycles. The number of aryl methyl sites for hydroxylation is 1. The van der Waals surface area contributed by atoms with Crippen LogP contribution in [0.25, 0.3) is 10.8 Å². The zero-order chi connectivity index (χ0) is 17.6. The van der Waals surface area contributed by atoms with Gasteiger partial charge >= 0.3 is 0 Å². The molecule has 0 atom stereocenters. The average molecular weight is 349 g/mol. The number of aromatic nitrogens is 1. The number of fused-ring (bicyclic) bond motifs is 2. The van der Waals surface area contributed by atoms with E-state index in [9.17, 15) is 8.42 Å². The van der Waals surface area contributed by atoms with Crippen LogP contribution in [0, 0.1) is 18.3 Å². The lowest BCUT2D eigenvalue weighted by molar-refractivity contribution is 0.593. The third kappa shape index (κ3) is 2.36. The predicted octanol–water partition coefficient (Wildman–Crippen LogP) is 3.17. The number of sulfonamides is 1. The molecule has 6 heteroatoms. The summed E-state index contributed by atoms with van der Waals surface area (Å²) in [5.41, 5.74) is 2.82. The number of rotatable bonds is 2. The van der Waals surface area contributed by atoms with Crippen LogP contribution in [0.15, 0.2) is 53.7 Å². The molecule has 0 radical (unpaired) electrons. The van der Waals surface area contributed by atoms with Gasteiger partial charge in [0.25, 0.3) is 10.0 Å². The summed E-state index contributed by atoms with van der Waals surface area (Å²) in [6.45, 7) is 2.24. The summed E-state index contributed by atoms with van der Waals surface area (Å²) in [6, 6.07) is 12.5. The fraction of sp³-hybridized carbons (Fsp3) is 0.158. The van der Waals surface area contributed by atoms with Crippen LogP contribution in [0.4, 0.5) is 5.69 Å². The maximum absolute atomic E-state index is 13.4. The molecule has 2 heterocycles. The first-order valence-corrected chi connectivity index (χ1v) is 9.35. The van der Waals surface area contributed by atoms with Crippen molar-refractivity contribution in [3.8, 4) is 6.07 Å². The molecule has 0 saturated carbocycles. The number of benzene rings is 2. The van der Waals surface area contributed by atoms with Gasteiger partial charge in [-0.05, 0) is 42.7 Å². The zero-order valence-corrected chi connectivity index (χ0v) is 14.4. The summed E-state index contributed by atoms with van der Waals surface area (Å²) in [5.74, 6) is 0. The van der Waals surface area contributed by atoms with Crippen molar-refractivity contribution < 1.29 is 8.42 Å². The van der Waals surface area contributed by atoms with Crippen molar-refractivity contribution in [1.29, 1.82) is 5.26 Å². The van der Waals surface area contributed by atoms with Crippen molar-refractivity contribution in [1.82, 2.24) is 4.98 Å². The predicted molar refractivity (Wildman–Crippen MR) is 95.9 cm³/mol. The van der Waals surface area contributed by atoms with E-state index in [-0.39, 0.29) is 4.90 Å². The van der Waals surface area contributed by atoms with Crippen LogP contribution in [0.3, 0.4) is 0 Å². The maximum Gasteiger partial charge on any atom is 0.264 e. The summed E-state index contributed by atoms with van der Waals surface area (Å²) < 4.78 is 28.2. The Labute approximate surface area is 146 Å². The van der Waals surface area contributed by atoms with Gasteiger partial charge < -0.3 is 0 Å². The van der Waals surface area contributed by atoms with Crippen molar-refractivity contribution in [2.24, 2.45) is 0 Å². The second-order valence-electron chi connectivity index (χ2n) is 6.09. The van der Waals surface area contributed by atoms with Gasteiger partial charge in [-0.25, -0.2) is 8.42 Å². The molecule has 0 N–H and O–H groups in total. The van der Waals surface area contributed by atoms with Gasteiger partial charge in [-0.2, -0.15) is 5.26 Å². The number of nitriles is 1. The van der Waals surface area contributed by atoms with Crippen molar-refractivity contribution in [3.05, 3.63) is 65.5 Å². The molecule has 0 spiro atoms. The Morgan fingerprint density at radius 1 is 1.20 bits per heavy atom. The van der Waals surface area contributed by atoms with Crippen LogP contribution in [0.2, 0.25) is 0 Å². The minimum absolute atomic E-state index is 0.278. The number of hydrogen-bond donors (Lipinski definition) is 0. The first kappa shape index (κ1) is 15.6. The molecule has 5 nitrogen and oxygen atoms in total. The Kier molecular flexibility index (Phi) is 3.48. The minimum Gasteiger partial charge on any atom is -0.266 e. The van der Waals surface area contributed by atoms with E-state index in [0.29, 0.717) is 29.6 Å². The van der Waals surface area contributed by atoms with Gasteiger partial charge in [0.15, 0.2) is 0 Å². The molecular formula is C19H15N3O2S. The van der Waals surface area contributed by atoms with Crippen LogP contribution < -0.4 is 4.31 Å². The maximum atomic E-state index is 13.4. The molecule has 4 rings (SSSR count). The molecule has 25 heavy (non-hydrogen) atoms. The fourth-order valence-electron chi connectivity index (χ4n) is 3.37. The van der Waals surface area contributed by atoms with Gasteiger partial charge in [-0.3, -0.25) is 9.29 Å². The van der Waals surface area contributed by atoms with E-state index in [2.05, 4.69) is 11.1 Å². The molecule has 3 aromatic rings. The standard InChI is InChI=1S/C19H15N3O2S/c1-13-11-21-12-16-3-2-4-18(19(13)16)25(23,24)22-8-7-15-6-5-14(10-20)9-17(15)22/h2-6,9,11-12H,7-8H2,1H3. The number of pyridine rings is 1. The van der Waals surface area contributed by atoms with Crippen molar-refractivity contribution in [2.45, 2.75) is 18.2 Å². The van der Waals surface area contributed by atoms with E-state index >= 15 is 0 Å². The average Bonchev–Trinajstić information content (AvgIpc) is 3.05. The van der Waals surface area contributed by atoms with Crippen LogP contribution in [-0.2, 0) is 16.4 Å². The second-order valence-corrected chi connectivity index (χ2v) is 7.92. The van der Waals surface area contributed by atoms with Gasteiger partial charge in [0, 0.05) is 29.7 Å². The Hall–Kier alpha value is -2.91. The van der Waals surface area contributed by atoms with Crippen LogP contribution in [-0.4, -0.2) is 19.9 Å². The summed E-state index contributed by atoms with van der Waals surface area (Å²) in [5, 5.41) is 10.6. The second kappa shape index (κ2) is 5.57. The van der Waals surface area contributed by atoms with Crippen LogP contribution in [0.5, 0.6) is 0 Å². The fourth-order valence-corrected chi connectivity index (χ4v) is 5.16. The minimum atomic E-state index is -3.73. The van der Waals surface area contributed by atoms with Gasteiger partial charge in [0.05, 0.1) is 22.2 Å². The van der Waals surface area contributed by atoms with Crippen molar-refractivity contribution in [2.75, 3.05) is 10.8 Å². The first-order chi connectivity index (χ1) is 12.0. The molecule has 2 aromatic carbocycles. The van der Waals surface area contributed by atoms with Crippen molar-refractivity contribution >= 4 is 26.5 Å². The monoisotopic (exact) mass is 349 g/mol. The third-order valence-corrected chi connectivity index (χ3v) is 6.43. The van der Waals surface area contributed by atoms with E-state index < -0.39 is 10.0 Å². The van der Waals surface area contributed by atoms with E-state index in [0.717, 1.165) is 16.5 Å². The highest BCUT2D eigenvalue weighted by Gasteiger charge is 2.32. The van der Waals surface area contributed by atoms with E-state index in [1.807, 2.05) is 19.1 Å². The van der Waals surface area contributed by atoms with Gasteiger partial charge in [-0.1, -0.05) is 18.2 Å². The normalized spacial score (nSPS) is 13.7. The molecule has 0 unspecified atom stereocenters. The lowest BCUT2D eigenvalue weighted by Gasteiger charge is -2.21. The third-order valence-electron chi connectivity index (χ3n) is 4.57. The quantitative estimate of drug-likeness (QED) is 0.712. The zero-order valence-electron chi connectivity index (χ0n) is 13.6. The summed E-state index contributed by atoms with van der Waals surface area (Å²) in [4.78, 5) is 4.43. The highest BCUT2D eigenvalue weighted by molar-refractivity contribution is 7.93. The number of nitrogens with zero attached hydrogens (tertiary/aromatic N) is 3. The molecule has 1 aliphatic rings. The van der Waals surface area contributed by atoms with Gasteiger partial charge in [-0.15, -0.1) is 0 Å². The molecular weight excluding hydrogens is 334 g/mol. The SMILES string of the molecule is Cc1cncc2cccc(S(=O)(=O)N3CCc4ccc(C#N)cc43)c12. The van der Waals surface area contributed by atoms with Crippen LogP contribution >= 0.6 is 0 Å². The highest BCUT2D eigenvalue weighted by atomic mass is 32.2. The Balaban J connectivity index is 1.93. The number of hydrogen-bond acceptors (Lipinski definition) is 4. The molecule has 124 valence electrons. The number of anilines is 1. The molecule has 0 fully saturated rings. The van der Waals surface area contributed by atoms with E-state index in [1.165, 1.54) is 4.31 Å². The first-order valence-electron chi connectivity index (χ1n) is 7.91. The largest absolute Gasteiger partial charge is 0.266 e. The molecule has 0 aliphatic carbocycles. The lowest BCUT2D eigenvalue weighted by Crippen LogP contribution is -2.29. The Morgan fingerprint density at radius 2 is 2.04 bits per heavy atom. The molecule has 0 bridgehead atoms. The van der Waals surface area contributed by atoms with Gasteiger partial charge in [0.1, 0.15) is 0 Å². The van der Waals surface area contributed by atoms with Crippen molar-refractivity contribution in [3.63, 3.8) is 0 Å². The smallest absolute Gasteiger partial charge is 0.264 e. The molecule has 1 aromatic heterocycles. The van der Waals surface area contributed by atoms with Gasteiger partial charge in [0.2, 0.25) is 0 Å².